The molecule has 0 aromatic carbocycles. The van der Waals surface area contributed by atoms with Crippen molar-refractivity contribution in [3.8, 4) is 0 Å². The van der Waals surface area contributed by atoms with Crippen molar-refractivity contribution in [1.82, 2.24) is 9.62 Å². The van der Waals surface area contributed by atoms with E-state index in [2.05, 4.69) is 39.4 Å². The molecule has 1 aliphatic rings. The Kier molecular flexibility index (Phi) is 6.22. The van der Waals surface area contributed by atoms with Gasteiger partial charge in [-0.05, 0) is 54.9 Å². The van der Waals surface area contributed by atoms with E-state index in [0.29, 0.717) is 10.8 Å². The average Bonchev–Trinajstić information content (AvgIpc) is 2.81. The number of thiophene rings is 1. The van der Waals surface area contributed by atoms with Gasteiger partial charge in [0, 0.05) is 19.6 Å². The molecule has 1 fully saturated rings. The fourth-order valence-corrected chi connectivity index (χ4v) is 5.62. The number of hydrogen-bond acceptors (Lipinski definition) is 5. The van der Waals surface area contributed by atoms with Crippen molar-refractivity contribution < 1.29 is 13.2 Å². The third-order valence-electron chi connectivity index (χ3n) is 3.25. The second-order valence-corrected chi connectivity index (χ2v) is 9.78. The van der Waals surface area contributed by atoms with E-state index in [0.717, 1.165) is 29.8 Å². The fraction of sp³-hybridized carbons (Fsp3) is 0.692. The molecule has 0 bridgehead atoms. The lowest BCUT2D eigenvalue weighted by Gasteiger charge is -2.35. The van der Waals surface area contributed by atoms with Crippen LogP contribution in [0, 0.1) is 0 Å². The largest absolute Gasteiger partial charge is 0.373 e. The smallest absolute Gasteiger partial charge is 0.250 e. The molecule has 1 aliphatic heterocycles. The molecule has 8 heteroatoms. The maximum Gasteiger partial charge on any atom is 0.250 e. The van der Waals surface area contributed by atoms with Crippen LogP contribution in [0.25, 0.3) is 0 Å². The maximum absolute atomic E-state index is 12.0. The minimum Gasteiger partial charge on any atom is -0.373 e. The molecular formula is C13H21BrN2O3S2. The van der Waals surface area contributed by atoms with Gasteiger partial charge in [-0.15, -0.1) is 11.3 Å². The zero-order valence-electron chi connectivity index (χ0n) is 12.2. The highest BCUT2D eigenvalue weighted by Crippen LogP contribution is 2.25. The van der Waals surface area contributed by atoms with Gasteiger partial charge in [-0.25, -0.2) is 13.1 Å². The summed E-state index contributed by atoms with van der Waals surface area (Å²) in [6, 6.07) is 3.36. The van der Waals surface area contributed by atoms with Gasteiger partial charge < -0.3 is 4.74 Å². The molecule has 0 aliphatic carbocycles. The summed E-state index contributed by atoms with van der Waals surface area (Å²) in [4.78, 5) is 2.33. The van der Waals surface area contributed by atoms with Crippen LogP contribution in [0.3, 0.4) is 0 Å². The Hall–Kier alpha value is 0.01000. The summed E-state index contributed by atoms with van der Waals surface area (Å²) in [6.07, 6.45) is 1.29. The maximum atomic E-state index is 12.0. The molecule has 5 nitrogen and oxygen atoms in total. The normalized spacial score (nSPS) is 24.3. The van der Waals surface area contributed by atoms with Gasteiger partial charge in [0.2, 0.25) is 10.0 Å². The minimum absolute atomic E-state index is 0.244. The van der Waals surface area contributed by atoms with Gasteiger partial charge in [-0.2, -0.15) is 0 Å². The first-order chi connectivity index (χ1) is 9.87. The highest BCUT2D eigenvalue weighted by molar-refractivity contribution is 9.11. The zero-order valence-corrected chi connectivity index (χ0v) is 15.4. The van der Waals surface area contributed by atoms with Crippen molar-refractivity contribution in [3.63, 3.8) is 0 Å². The Morgan fingerprint density at radius 1 is 1.38 bits per heavy atom. The van der Waals surface area contributed by atoms with Crippen LogP contribution in [0.15, 0.2) is 20.1 Å². The lowest BCUT2D eigenvalue weighted by molar-refractivity contribution is -0.0679. The predicted octanol–water partition coefficient (Wildman–Crippen LogP) is 2.29. The van der Waals surface area contributed by atoms with Gasteiger partial charge in [-0.3, -0.25) is 4.90 Å². The molecule has 21 heavy (non-hydrogen) atoms. The lowest BCUT2D eigenvalue weighted by Crippen LogP contribution is -2.46. The highest BCUT2D eigenvalue weighted by Gasteiger charge is 2.22. The van der Waals surface area contributed by atoms with Crippen LogP contribution in [0.2, 0.25) is 0 Å². The standard InChI is InChI=1S/C13H21BrN2O3S2/c1-10-8-16(9-11(2)19-10)7-3-6-15-21(17,18)13-5-4-12(14)20-13/h4-5,10-11,15H,3,6-9H2,1-2H3. The van der Waals surface area contributed by atoms with Crippen molar-refractivity contribution in [2.24, 2.45) is 0 Å². The van der Waals surface area contributed by atoms with Gasteiger partial charge in [-0.1, -0.05) is 0 Å². The van der Waals surface area contributed by atoms with E-state index in [1.54, 1.807) is 12.1 Å². The van der Waals surface area contributed by atoms with Gasteiger partial charge in [0.1, 0.15) is 4.21 Å². The molecule has 1 aromatic heterocycles. The number of morpholine rings is 1. The summed E-state index contributed by atoms with van der Waals surface area (Å²) in [5.41, 5.74) is 0. The number of ether oxygens (including phenoxy) is 1. The molecule has 2 heterocycles. The Labute approximate surface area is 138 Å². The topological polar surface area (TPSA) is 58.6 Å². The number of nitrogens with zero attached hydrogens (tertiary/aromatic N) is 1. The van der Waals surface area contributed by atoms with Gasteiger partial charge in [0.25, 0.3) is 0 Å². The SMILES string of the molecule is CC1CN(CCCNS(=O)(=O)c2ccc(Br)s2)CC(C)O1. The fourth-order valence-electron chi connectivity index (χ4n) is 2.49. The molecule has 0 amide bonds. The molecular weight excluding hydrogens is 376 g/mol. The molecule has 2 atom stereocenters. The highest BCUT2D eigenvalue weighted by atomic mass is 79.9. The number of hydrogen-bond donors (Lipinski definition) is 1. The third kappa shape index (κ3) is 5.30. The van der Waals surface area contributed by atoms with Gasteiger partial charge in [0.15, 0.2) is 0 Å². The van der Waals surface area contributed by atoms with Gasteiger partial charge in [0.05, 0.1) is 16.0 Å². The second-order valence-electron chi connectivity index (χ2n) is 5.33. The Bertz CT molecular complexity index is 552. The summed E-state index contributed by atoms with van der Waals surface area (Å²) < 4.78 is 33.6. The van der Waals surface area contributed by atoms with Crippen LogP contribution in [-0.4, -0.2) is 51.7 Å². The first-order valence-corrected chi connectivity index (χ1v) is 10.1. The molecule has 1 N–H and O–H groups in total. The van der Waals surface area contributed by atoms with Crippen molar-refractivity contribution in [2.75, 3.05) is 26.2 Å². The molecule has 0 spiro atoms. The van der Waals surface area contributed by atoms with E-state index in [1.807, 2.05) is 0 Å². The molecule has 1 saturated heterocycles. The van der Waals surface area contributed by atoms with E-state index in [9.17, 15) is 8.42 Å². The van der Waals surface area contributed by atoms with Crippen LogP contribution in [-0.2, 0) is 14.8 Å². The summed E-state index contributed by atoms with van der Waals surface area (Å²) in [5, 5.41) is 0. The van der Waals surface area contributed by atoms with Crippen molar-refractivity contribution >= 4 is 37.3 Å². The summed E-state index contributed by atoms with van der Waals surface area (Å²) in [6.45, 7) is 7.30. The average molecular weight is 397 g/mol. The monoisotopic (exact) mass is 396 g/mol. The summed E-state index contributed by atoms with van der Waals surface area (Å²) >= 11 is 4.50. The molecule has 0 saturated carbocycles. The van der Waals surface area contributed by atoms with Gasteiger partial charge >= 0.3 is 0 Å². The second kappa shape index (κ2) is 7.52. The third-order valence-corrected chi connectivity index (χ3v) is 6.83. The van der Waals surface area contributed by atoms with Crippen molar-refractivity contribution in [3.05, 3.63) is 15.9 Å². The Balaban J connectivity index is 1.74. The van der Waals surface area contributed by atoms with E-state index in [-0.39, 0.29) is 12.2 Å². The van der Waals surface area contributed by atoms with E-state index in [4.69, 9.17) is 4.74 Å². The van der Waals surface area contributed by atoms with Crippen molar-refractivity contribution in [2.45, 2.75) is 36.7 Å². The van der Waals surface area contributed by atoms with E-state index in [1.165, 1.54) is 11.3 Å². The van der Waals surface area contributed by atoms with E-state index < -0.39 is 10.0 Å². The van der Waals surface area contributed by atoms with Crippen LogP contribution in [0.4, 0.5) is 0 Å². The lowest BCUT2D eigenvalue weighted by atomic mass is 10.2. The molecule has 2 unspecified atom stereocenters. The number of rotatable bonds is 6. The Morgan fingerprint density at radius 3 is 2.62 bits per heavy atom. The van der Waals surface area contributed by atoms with Crippen molar-refractivity contribution in [1.29, 1.82) is 0 Å². The predicted molar refractivity (Wildman–Crippen MR) is 88.3 cm³/mol. The molecule has 1 aromatic rings. The van der Waals surface area contributed by atoms with Crippen LogP contribution < -0.4 is 4.72 Å². The van der Waals surface area contributed by atoms with E-state index >= 15 is 0 Å². The van der Waals surface area contributed by atoms with Crippen LogP contribution >= 0.6 is 27.3 Å². The summed E-state index contributed by atoms with van der Waals surface area (Å²) in [5.74, 6) is 0. The first-order valence-electron chi connectivity index (χ1n) is 6.99. The number of halogens is 1. The minimum atomic E-state index is -3.37. The summed E-state index contributed by atoms with van der Waals surface area (Å²) in [7, 11) is -3.37. The molecule has 2 rings (SSSR count). The zero-order chi connectivity index (χ0) is 15.5. The van der Waals surface area contributed by atoms with Crippen LogP contribution in [0.5, 0.6) is 0 Å². The number of sulfonamides is 1. The molecule has 0 radical (unpaired) electrons. The molecule has 120 valence electrons. The first kappa shape index (κ1) is 17.4. The number of nitrogens with one attached hydrogen (secondary N) is 1. The Morgan fingerprint density at radius 2 is 2.05 bits per heavy atom. The van der Waals surface area contributed by atoms with Crippen LogP contribution in [0.1, 0.15) is 20.3 Å². The quantitative estimate of drug-likeness (QED) is 0.749.